The summed E-state index contributed by atoms with van der Waals surface area (Å²) in [6.45, 7) is 5.75. The van der Waals surface area contributed by atoms with Crippen LogP contribution in [-0.2, 0) is 0 Å². The Bertz CT molecular complexity index is 503. The normalized spacial score (nSPS) is 10.5. The van der Waals surface area contributed by atoms with Crippen LogP contribution in [0.5, 0.6) is 5.75 Å². The Balaban J connectivity index is 2.31. The molecule has 1 aromatic rings. The first-order valence-corrected chi connectivity index (χ1v) is 8.19. The molecule has 0 bridgehead atoms. The Morgan fingerprint density at radius 2 is 1.87 bits per heavy atom. The fraction of sp³-hybridized carbons (Fsp3) is 0.500. The van der Waals surface area contributed by atoms with Crippen molar-refractivity contribution in [1.29, 1.82) is 0 Å². The molecule has 0 radical (unpaired) electrons. The largest absolute Gasteiger partial charge is 0.491 e. The lowest BCUT2D eigenvalue weighted by Crippen LogP contribution is -3.05. The monoisotopic (exact) mass is 339 g/mol. The van der Waals surface area contributed by atoms with Crippen LogP contribution in [0, 0.1) is 0 Å². The summed E-state index contributed by atoms with van der Waals surface area (Å²) in [6.07, 6.45) is 1.11. The van der Waals surface area contributed by atoms with Gasteiger partial charge >= 0.3 is 0 Å². The molecule has 128 valence electrons. The predicted molar refractivity (Wildman–Crippen MR) is 95.7 cm³/mol. The van der Waals surface area contributed by atoms with E-state index >= 15 is 0 Å². The van der Waals surface area contributed by atoms with Gasteiger partial charge in [0.15, 0.2) is 5.11 Å². The van der Waals surface area contributed by atoms with Crippen LogP contribution in [0.1, 0.15) is 30.6 Å². The van der Waals surface area contributed by atoms with Crippen LogP contribution >= 0.6 is 12.2 Å². The van der Waals surface area contributed by atoms with Crippen molar-refractivity contribution in [2.24, 2.45) is 0 Å². The van der Waals surface area contributed by atoms with E-state index in [9.17, 15) is 4.79 Å². The number of hydrogen-bond donors (Lipinski definition) is 4. The molecule has 6 nitrogen and oxygen atoms in total. The van der Waals surface area contributed by atoms with Gasteiger partial charge in [0.05, 0.1) is 26.7 Å². The van der Waals surface area contributed by atoms with Gasteiger partial charge in [0.2, 0.25) is 0 Å². The van der Waals surface area contributed by atoms with Crippen molar-refractivity contribution in [3.05, 3.63) is 29.8 Å². The van der Waals surface area contributed by atoms with Crippen LogP contribution in [0.4, 0.5) is 0 Å². The Kier molecular flexibility index (Phi) is 8.36. The fourth-order valence-corrected chi connectivity index (χ4v) is 1.98. The van der Waals surface area contributed by atoms with Gasteiger partial charge in [-0.15, -0.1) is 0 Å². The topological polar surface area (TPSA) is 66.8 Å². The molecule has 23 heavy (non-hydrogen) atoms. The quantitative estimate of drug-likeness (QED) is 0.323. The van der Waals surface area contributed by atoms with Crippen LogP contribution in [0.25, 0.3) is 0 Å². The van der Waals surface area contributed by atoms with Gasteiger partial charge in [-0.1, -0.05) is 0 Å². The van der Waals surface area contributed by atoms with Crippen LogP contribution in [0.3, 0.4) is 0 Å². The number of hydrogen-bond acceptors (Lipinski definition) is 3. The van der Waals surface area contributed by atoms with Crippen molar-refractivity contribution in [1.82, 2.24) is 16.2 Å². The Morgan fingerprint density at radius 3 is 2.43 bits per heavy atom. The number of quaternary nitrogens is 1. The number of carbonyl (C=O) groups excluding carboxylic acids is 1. The van der Waals surface area contributed by atoms with Gasteiger partial charge in [-0.25, -0.2) is 0 Å². The summed E-state index contributed by atoms with van der Waals surface area (Å²) in [5.41, 5.74) is 5.80. The second kappa shape index (κ2) is 10.0. The van der Waals surface area contributed by atoms with Crippen molar-refractivity contribution < 1.29 is 14.4 Å². The van der Waals surface area contributed by atoms with Gasteiger partial charge in [0.1, 0.15) is 5.75 Å². The summed E-state index contributed by atoms with van der Waals surface area (Å²) in [5, 5.41) is 3.46. The zero-order valence-electron chi connectivity index (χ0n) is 14.2. The lowest BCUT2D eigenvalue weighted by atomic mass is 10.2. The maximum Gasteiger partial charge on any atom is 0.269 e. The predicted octanol–water partition coefficient (Wildman–Crippen LogP) is 0.117. The first kappa shape index (κ1) is 19.2. The average Bonchev–Trinajstić information content (AvgIpc) is 2.49. The third-order valence-electron chi connectivity index (χ3n) is 2.92. The summed E-state index contributed by atoms with van der Waals surface area (Å²) in [6, 6.07) is 6.97. The molecule has 7 heteroatoms. The van der Waals surface area contributed by atoms with Crippen LogP contribution in [0.15, 0.2) is 24.3 Å². The van der Waals surface area contributed by atoms with Gasteiger partial charge in [-0.2, -0.15) is 0 Å². The molecule has 1 amide bonds. The van der Waals surface area contributed by atoms with Gasteiger partial charge in [-0.05, 0) is 50.3 Å². The van der Waals surface area contributed by atoms with Crippen molar-refractivity contribution in [2.75, 3.05) is 27.2 Å². The minimum absolute atomic E-state index is 0.105. The SMILES string of the molecule is CC(C)Oc1ccc(C(=O)NNC(=S)NCCC[NH+](C)C)cc1. The van der Waals surface area contributed by atoms with E-state index in [-0.39, 0.29) is 12.0 Å². The molecule has 1 aromatic carbocycles. The molecule has 0 fully saturated rings. The molecule has 0 aliphatic carbocycles. The van der Waals surface area contributed by atoms with Gasteiger partial charge < -0.3 is 15.0 Å². The molecular weight excluding hydrogens is 312 g/mol. The van der Waals surface area contributed by atoms with E-state index in [0.717, 1.165) is 25.3 Å². The first-order valence-electron chi connectivity index (χ1n) is 7.78. The second-order valence-corrected chi connectivity index (χ2v) is 6.24. The van der Waals surface area contributed by atoms with Crippen molar-refractivity contribution in [3.63, 3.8) is 0 Å². The molecule has 1 rings (SSSR count). The van der Waals surface area contributed by atoms with Crippen molar-refractivity contribution >= 4 is 23.2 Å². The lowest BCUT2D eigenvalue weighted by Gasteiger charge is -2.13. The second-order valence-electron chi connectivity index (χ2n) is 5.84. The molecule has 0 spiro atoms. The molecule has 4 N–H and O–H groups in total. The molecule has 0 saturated heterocycles. The molecule has 0 aliphatic rings. The summed E-state index contributed by atoms with van der Waals surface area (Å²) >= 11 is 5.11. The van der Waals surface area contributed by atoms with Crippen LogP contribution in [0.2, 0.25) is 0 Å². The molecular formula is C16H27N4O2S+. The number of rotatable bonds is 7. The Morgan fingerprint density at radius 1 is 1.22 bits per heavy atom. The molecule has 0 saturated carbocycles. The number of nitrogens with one attached hydrogen (secondary N) is 4. The van der Waals surface area contributed by atoms with E-state index in [1.165, 1.54) is 4.90 Å². The molecule has 0 aromatic heterocycles. The Hall–Kier alpha value is -1.86. The van der Waals surface area contributed by atoms with E-state index in [1.807, 2.05) is 13.8 Å². The van der Waals surface area contributed by atoms with Crippen molar-refractivity contribution in [3.8, 4) is 5.75 Å². The standard InChI is InChI=1S/C16H26N4O2S/c1-12(2)22-14-8-6-13(7-9-14)15(21)18-19-16(23)17-10-5-11-20(3)4/h6-9,12H,5,10-11H2,1-4H3,(H,18,21)(H2,17,19,23)/p+1. The summed E-state index contributed by atoms with van der Waals surface area (Å²) < 4.78 is 5.54. The van der Waals surface area contributed by atoms with Crippen LogP contribution < -0.4 is 25.8 Å². The summed E-state index contributed by atoms with van der Waals surface area (Å²) in [7, 11) is 4.21. The number of benzene rings is 1. The highest BCUT2D eigenvalue weighted by atomic mass is 32.1. The zero-order chi connectivity index (χ0) is 17.2. The highest BCUT2D eigenvalue weighted by Crippen LogP contribution is 2.13. The maximum absolute atomic E-state index is 12.0. The highest BCUT2D eigenvalue weighted by Gasteiger charge is 2.06. The van der Waals surface area contributed by atoms with Gasteiger partial charge in [0, 0.05) is 18.5 Å². The fourth-order valence-electron chi connectivity index (χ4n) is 1.83. The number of hydrazine groups is 1. The van der Waals surface area contributed by atoms with E-state index in [0.29, 0.717) is 10.7 Å². The van der Waals surface area contributed by atoms with E-state index in [4.69, 9.17) is 17.0 Å². The number of ether oxygens (including phenoxy) is 1. The lowest BCUT2D eigenvalue weighted by molar-refractivity contribution is -0.858. The van der Waals surface area contributed by atoms with E-state index in [1.54, 1.807) is 24.3 Å². The molecule has 0 heterocycles. The van der Waals surface area contributed by atoms with E-state index < -0.39 is 0 Å². The molecule has 0 atom stereocenters. The minimum atomic E-state index is -0.247. The maximum atomic E-state index is 12.0. The van der Waals surface area contributed by atoms with Gasteiger partial charge in [-0.3, -0.25) is 15.6 Å². The highest BCUT2D eigenvalue weighted by molar-refractivity contribution is 7.80. The molecule has 0 unspecified atom stereocenters. The van der Waals surface area contributed by atoms with Gasteiger partial charge in [0.25, 0.3) is 5.91 Å². The Labute approximate surface area is 143 Å². The van der Waals surface area contributed by atoms with Crippen LogP contribution in [-0.4, -0.2) is 44.3 Å². The number of thiocarbonyl (C=S) groups is 1. The number of carbonyl (C=O) groups is 1. The smallest absolute Gasteiger partial charge is 0.269 e. The summed E-state index contributed by atoms with van der Waals surface area (Å²) in [5.74, 6) is 0.493. The zero-order valence-corrected chi connectivity index (χ0v) is 15.0. The van der Waals surface area contributed by atoms with Crippen molar-refractivity contribution in [2.45, 2.75) is 26.4 Å². The molecule has 0 aliphatic heterocycles. The minimum Gasteiger partial charge on any atom is -0.491 e. The first-order chi connectivity index (χ1) is 10.9. The third kappa shape index (κ3) is 8.37. The average molecular weight is 339 g/mol. The third-order valence-corrected chi connectivity index (χ3v) is 3.16. The summed E-state index contributed by atoms with van der Waals surface area (Å²) in [4.78, 5) is 13.4. The van der Waals surface area contributed by atoms with E-state index in [2.05, 4.69) is 30.3 Å². The number of amides is 1.